The molecule has 0 spiro atoms. The van der Waals surface area contributed by atoms with Crippen molar-refractivity contribution < 1.29 is 9.90 Å². The van der Waals surface area contributed by atoms with E-state index in [2.05, 4.69) is 0 Å². The number of hydrogen-bond donors (Lipinski definition) is 0. The average Bonchev–Trinajstić information content (AvgIpc) is 2.20. The van der Waals surface area contributed by atoms with Gasteiger partial charge in [0.05, 0.1) is 5.48 Å². The number of fused-ring (bicyclic) bond motifs is 1. The van der Waals surface area contributed by atoms with Crippen LogP contribution in [0.15, 0.2) is 45.5 Å². The number of rotatable bonds is 0. The first-order valence-corrected chi connectivity index (χ1v) is 3.02. The second-order valence-corrected chi connectivity index (χ2v) is 1.98. The van der Waals surface area contributed by atoms with Crippen molar-refractivity contribution in [3.8, 4) is 0 Å². The molecule has 0 fully saturated rings. The normalized spacial score (nSPS) is 15.3. The highest BCUT2D eigenvalue weighted by molar-refractivity contribution is 5.75. The zero-order valence-corrected chi connectivity index (χ0v) is 5.47. The summed E-state index contributed by atoms with van der Waals surface area (Å²) in [5.41, 5.74) is -0.827. The van der Waals surface area contributed by atoms with Crippen molar-refractivity contribution in [2.75, 3.05) is 0 Å². The summed E-state index contributed by atoms with van der Waals surface area (Å²) in [5, 5.41) is 0.0344. The minimum absolute atomic E-state index is 0.0344. The van der Waals surface area contributed by atoms with Crippen LogP contribution in [0, 0.1) is 0 Å². The summed E-state index contributed by atoms with van der Waals surface area (Å²) >= 11 is 0. The first-order valence-electron chi connectivity index (χ1n) is 5.02. The predicted octanol–water partition coefficient (Wildman–Crippen LogP) is 1.79. The Morgan fingerprint density at radius 1 is 1.36 bits per heavy atom. The molecule has 1 heterocycles. The largest absolute Gasteiger partial charge is 0.423 e. The van der Waals surface area contributed by atoms with Crippen molar-refractivity contribution in [2.24, 2.45) is 0 Å². The van der Waals surface area contributed by atoms with Gasteiger partial charge in [0.15, 0.2) is 0 Å². The maximum atomic E-state index is 11.1. The van der Waals surface area contributed by atoms with Gasteiger partial charge in [-0.25, -0.2) is 4.79 Å². The first-order chi connectivity index (χ1) is 7.02. The standard InChI is InChI=1S/C9H6O2/c10-9-6-5-7-3-1-2-4-8(7)11-9/h1-6H/i1D,3D,5D,6D. The van der Waals surface area contributed by atoms with Crippen LogP contribution < -0.4 is 5.63 Å². The Balaban J connectivity index is 3.07. The van der Waals surface area contributed by atoms with Gasteiger partial charge in [0, 0.05) is 11.4 Å². The first kappa shape index (κ1) is 3.22. The summed E-state index contributed by atoms with van der Waals surface area (Å²) < 4.78 is 34.4. The second-order valence-electron chi connectivity index (χ2n) is 1.98. The van der Waals surface area contributed by atoms with Crippen LogP contribution in [-0.2, 0) is 0 Å². The molecule has 0 N–H and O–H groups in total. The van der Waals surface area contributed by atoms with E-state index in [4.69, 9.17) is 9.90 Å². The van der Waals surface area contributed by atoms with Gasteiger partial charge in [-0.1, -0.05) is 18.2 Å². The molecule has 0 saturated heterocycles. The van der Waals surface area contributed by atoms with E-state index >= 15 is 0 Å². The van der Waals surface area contributed by atoms with Gasteiger partial charge in [0.25, 0.3) is 0 Å². The second kappa shape index (κ2) is 2.23. The molecule has 1 aromatic carbocycles. The molecule has 0 aliphatic rings. The van der Waals surface area contributed by atoms with E-state index in [1.54, 1.807) is 0 Å². The van der Waals surface area contributed by atoms with Crippen LogP contribution in [0.5, 0.6) is 0 Å². The fraction of sp³-hybridized carbons (Fsp3) is 0. The lowest BCUT2D eigenvalue weighted by Gasteiger charge is -1.91. The molecule has 11 heavy (non-hydrogen) atoms. The van der Waals surface area contributed by atoms with Crippen molar-refractivity contribution in [3.05, 3.63) is 46.7 Å². The van der Waals surface area contributed by atoms with Crippen LogP contribution in [0.1, 0.15) is 5.48 Å². The molecule has 0 saturated carbocycles. The third-order valence-corrected chi connectivity index (χ3v) is 1.25. The van der Waals surface area contributed by atoms with E-state index < -0.39 is 11.7 Å². The molecule has 1 aromatic heterocycles. The molecular formula is C9H6O2. The summed E-state index contributed by atoms with van der Waals surface area (Å²) in [6.45, 7) is 0. The van der Waals surface area contributed by atoms with Gasteiger partial charge in [0.1, 0.15) is 5.58 Å². The van der Waals surface area contributed by atoms with Crippen molar-refractivity contribution in [3.63, 3.8) is 0 Å². The van der Waals surface area contributed by atoms with Gasteiger partial charge in [0.2, 0.25) is 0 Å². The van der Waals surface area contributed by atoms with Crippen molar-refractivity contribution in [2.45, 2.75) is 0 Å². The quantitative estimate of drug-likeness (QED) is 0.536. The Labute approximate surface area is 68.7 Å². The van der Waals surface area contributed by atoms with E-state index in [0.29, 0.717) is 0 Å². The fourth-order valence-corrected chi connectivity index (χ4v) is 0.793. The minimum atomic E-state index is -0.898. The highest BCUT2D eigenvalue weighted by Gasteiger charge is 1.92. The lowest BCUT2D eigenvalue weighted by atomic mass is 10.2. The van der Waals surface area contributed by atoms with Gasteiger partial charge < -0.3 is 4.42 Å². The Hall–Kier alpha value is -1.57. The molecule has 54 valence electrons. The zero-order valence-electron chi connectivity index (χ0n) is 9.47. The third-order valence-electron chi connectivity index (χ3n) is 1.25. The van der Waals surface area contributed by atoms with Crippen molar-refractivity contribution in [1.29, 1.82) is 0 Å². The molecule has 0 atom stereocenters. The molecule has 0 aliphatic carbocycles. The van der Waals surface area contributed by atoms with Crippen LogP contribution in [-0.4, -0.2) is 0 Å². The molecule has 2 rings (SSSR count). The van der Waals surface area contributed by atoms with Crippen molar-refractivity contribution >= 4 is 11.0 Å². The molecule has 0 unspecified atom stereocenters. The zero-order chi connectivity index (χ0) is 11.2. The van der Waals surface area contributed by atoms with Crippen LogP contribution >= 0.6 is 0 Å². The number of para-hydroxylation sites is 1. The summed E-state index contributed by atoms with van der Waals surface area (Å²) in [6, 6.07) is 1.46. The average molecular weight is 150 g/mol. The lowest BCUT2D eigenvalue weighted by Crippen LogP contribution is -1.93. The molecule has 0 amide bonds. The Morgan fingerprint density at radius 3 is 3.18 bits per heavy atom. The minimum Gasteiger partial charge on any atom is -0.423 e. The van der Waals surface area contributed by atoms with E-state index in [1.807, 2.05) is 0 Å². The number of hydrogen-bond acceptors (Lipinski definition) is 2. The number of benzene rings is 1. The Bertz CT molecular complexity index is 603. The lowest BCUT2D eigenvalue weighted by molar-refractivity contribution is 0.561. The maximum Gasteiger partial charge on any atom is 0.336 e. The summed E-state index contributed by atoms with van der Waals surface area (Å²) in [5.74, 6) is 0. The van der Waals surface area contributed by atoms with Gasteiger partial charge in [-0.15, -0.1) is 0 Å². The van der Waals surface area contributed by atoms with E-state index in [-0.39, 0.29) is 29.1 Å². The molecule has 2 aromatic rings. The topological polar surface area (TPSA) is 30.2 Å². The SMILES string of the molecule is [2H]c1ccc2oc(=O)c([2H])c([2H])c2c1[2H]. The third kappa shape index (κ3) is 1.03. The van der Waals surface area contributed by atoms with E-state index in [9.17, 15) is 4.79 Å². The smallest absolute Gasteiger partial charge is 0.336 e. The van der Waals surface area contributed by atoms with Crippen LogP contribution in [0.2, 0.25) is 0 Å². The van der Waals surface area contributed by atoms with Crippen molar-refractivity contribution in [1.82, 2.24) is 0 Å². The van der Waals surface area contributed by atoms with Crippen LogP contribution in [0.25, 0.3) is 11.0 Å². The molecule has 0 bridgehead atoms. The molecule has 2 heteroatoms. The van der Waals surface area contributed by atoms with Crippen LogP contribution in [0.3, 0.4) is 0 Å². The molecular weight excluding hydrogens is 140 g/mol. The monoisotopic (exact) mass is 150 g/mol. The van der Waals surface area contributed by atoms with E-state index in [0.717, 1.165) is 0 Å². The summed E-state index contributed by atoms with van der Waals surface area (Å²) in [6.07, 6.45) is 0. The van der Waals surface area contributed by atoms with Gasteiger partial charge >= 0.3 is 5.63 Å². The van der Waals surface area contributed by atoms with Gasteiger partial charge in [-0.2, -0.15) is 0 Å². The highest BCUT2D eigenvalue weighted by Crippen LogP contribution is 2.08. The molecule has 0 radical (unpaired) electrons. The van der Waals surface area contributed by atoms with Gasteiger partial charge in [-0.05, 0) is 12.1 Å². The fourth-order valence-electron chi connectivity index (χ4n) is 0.793. The summed E-state index contributed by atoms with van der Waals surface area (Å²) in [7, 11) is 0. The Morgan fingerprint density at radius 2 is 2.27 bits per heavy atom. The Kier molecular flexibility index (Phi) is 0.654. The molecule has 2 nitrogen and oxygen atoms in total. The van der Waals surface area contributed by atoms with E-state index in [1.165, 1.54) is 12.1 Å². The van der Waals surface area contributed by atoms with Gasteiger partial charge in [-0.3, -0.25) is 0 Å². The summed E-state index contributed by atoms with van der Waals surface area (Å²) in [4.78, 5) is 11.1. The molecule has 0 aliphatic heterocycles. The maximum absolute atomic E-state index is 11.1. The van der Waals surface area contributed by atoms with Crippen LogP contribution in [0.4, 0.5) is 0 Å². The highest BCUT2D eigenvalue weighted by atomic mass is 16.4. The predicted molar refractivity (Wildman–Crippen MR) is 42.5 cm³/mol.